The lowest BCUT2D eigenvalue weighted by Gasteiger charge is -2.02. The summed E-state index contributed by atoms with van der Waals surface area (Å²) in [7, 11) is 0. The highest BCUT2D eigenvalue weighted by Crippen LogP contribution is 2.20. The van der Waals surface area contributed by atoms with Gasteiger partial charge in [0.2, 0.25) is 0 Å². The molecule has 2 heterocycles. The van der Waals surface area contributed by atoms with Crippen molar-refractivity contribution in [2.75, 3.05) is 0 Å². The van der Waals surface area contributed by atoms with Gasteiger partial charge in [0.1, 0.15) is 17.7 Å². The van der Waals surface area contributed by atoms with Gasteiger partial charge in [-0.25, -0.2) is 9.97 Å². The molecule has 0 atom stereocenters. The fraction of sp³-hybridized carbons (Fsp3) is 0.133. The van der Waals surface area contributed by atoms with E-state index < -0.39 is 5.91 Å². The maximum atomic E-state index is 11.4. The third-order valence-corrected chi connectivity index (χ3v) is 3.25. The molecule has 3 aromatic rings. The summed E-state index contributed by atoms with van der Waals surface area (Å²) in [4.78, 5) is 20.2. The first-order valence-electron chi connectivity index (χ1n) is 6.43. The Morgan fingerprint density at radius 3 is 2.70 bits per heavy atom. The second-order valence-electron chi connectivity index (χ2n) is 4.49. The monoisotopic (exact) mass is 266 g/mol. The number of nitrogens with two attached hydrogens (primary N) is 1. The lowest BCUT2D eigenvalue weighted by molar-refractivity contribution is 0.0995. The van der Waals surface area contributed by atoms with E-state index in [4.69, 9.17) is 5.73 Å². The van der Waals surface area contributed by atoms with Gasteiger partial charge in [-0.2, -0.15) is 0 Å². The molecule has 5 nitrogen and oxygen atoms in total. The number of aromatic nitrogens is 3. The minimum Gasteiger partial charge on any atom is -0.364 e. The molecule has 1 amide bonds. The summed E-state index contributed by atoms with van der Waals surface area (Å²) in [5.41, 5.74) is 8.99. The van der Waals surface area contributed by atoms with E-state index in [1.165, 1.54) is 0 Å². The van der Waals surface area contributed by atoms with Gasteiger partial charge >= 0.3 is 0 Å². The summed E-state index contributed by atoms with van der Waals surface area (Å²) in [5, 5.41) is 0. The molecule has 0 fully saturated rings. The molecule has 0 aliphatic rings. The van der Waals surface area contributed by atoms with Crippen LogP contribution in [-0.4, -0.2) is 20.3 Å². The van der Waals surface area contributed by atoms with Crippen molar-refractivity contribution in [1.82, 2.24) is 14.4 Å². The van der Waals surface area contributed by atoms with Crippen LogP contribution in [0, 0.1) is 0 Å². The number of amides is 1. The van der Waals surface area contributed by atoms with Gasteiger partial charge in [0.05, 0.1) is 11.4 Å². The molecule has 0 aliphatic heterocycles. The summed E-state index contributed by atoms with van der Waals surface area (Å²) in [6.07, 6.45) is 2.36. The van der Waals surface area contributed by atoms with Crippen molar-refractivity contribution in [2.24, 2.45) is 5.73 Å². The fourth-order valence-corrected chi connectivity index (χ4v) is 2.30. The zero-order valence-electron chi connectivity index (χ0n) is 11.1. The van der Waals surface area contributed by atoms with Gasteiger partial charge in [-0.15, -0.1) is 0 Å². The predicted octanol–water partition coefficient (Wildman–Crippen LogP) is 2.06. The molecule has 3 rings (SSSR count). The van der Waals surface area contributed by atoms with Crippen LogP contribution in [0.15, 0.2) is 42.7 Å². The Morgan fingerprint density at radius 1 is 1.30 bits per heavy atom. The van der Waals surface area contributed by atoms with Crippen LogP contribution in [0.5, 0.6) is 0 Å². The first-order valence-corrected chi connectivity index (χ1v) is 6.43. The lowest BCUT2D eigenvalue weighted by Crippen LogP contribution is -2.14. The molecule has 2 aromatic heterocycles. The molecule has 0 spiro atoms. The van der Waals surface area contributed by atoms with E-state index in [1.54, 1.807) is 6.33 Å². The Morgan fingerprint density at radius 2 is 2.05 bits per heavy atom. The van der Waals surface area contributed by atoms with Crippen LogP contribution in [0.2, 0.25) is 0 Å². The van der Waals surface area contributed by atoms with Crippen LogP contribution in [0.3, 0.4) is 0 Å². The molecule has 0 saturated heterocycles. The van der Waals surface area contributed by atoms with E-state index in [0.29, 0.717) is 17.8 Å². The van der Waals surface area contributed by atoms with Crippen LogP contribution in [-0.2, 0) is 6.42 Å². The number of fused-ring (bicyclic) bond motifs is 1. The topological polar surface area (TPSA) is 73.3 Å². The number of nitrogens with zero attached hydrogens (tertiary/aromatic N) is 3. The number of carbonyl (C=O) groups excluding carboxylic acids is 1. The Kier molecular flexibility index (Phi) is 2.95. The number of hydrogen-bond donors (Lipinski definition) is 1. The third kappa shape index (κ3) is 1.93. The molecule has 0 bridgehead atoms. The number of benzene rings is 1. The van der Waals surface area contributed by atoms with Gasteiger partial charge in [-0.05, 0) is 6.42 Å². The van der Waals surface area contributed by atoms with E-state index in [0.717, 1.165) is 17.0 Å². The van der Waals surface area contributed by atoms with Crippen LogP contribution in [0.1, 0.15) is 23.1 Å². The predicted molar refractivity (Wildman–Crippen MR) is 76.3 cm³/mol. The summed E-state index contributed by atoms with van der Waals surface area (Å²) in [6, 6.07) is 11.7. The average Bonchev–Trinajstić information content (AvgIpc) is 2.86. The van der Waals surface area contributed by atoms with E-state index in [2.05, 4.69) is 9.97 Å². The Balaban J connectivity index is 2.20. The standard InChI is InChI=1S/C15H14N4O/c1-2-12-14(15(16)20)18-13-8-11(17-9-19(12)13)10-6-4-3-5-7-10/h3-9H,2H2,1H3,(H2,16,20). The zero-order valence-corrected chi connectivity index (χ0v) is 11.1. The fourth-order valence-electron chi connectivity index (χ4n) is 2.30. The largest absolute Gasteiger partial charge is 0.364 e. The first kappa shape index (κ1) is 12.3. The molecule has 1 aromatic carbocycles. The van der Waals surface area contributed by atoms with Crippen molar-refractivity contribution in [3.05, 3.63) is 54.1 Å². The van der Waals surface area contributed by atoms with E-state index in [9.17, 15) is 4.79 Å². The normalized spacial score (nSPS) is 10.8. The molecule has 100 valence electrons. The molecule has 0 saturated carbocycles. The maximum Gasteiger partial charge on any atom is 0.269 e. The summed E-state index contributed by atoms with van der Waals surface area (Å²) in [6.45, 7) is 1.96. The highest BCUT2D eigenvalue weighted by atomic mass is 16.1. The molecule has 5 heteroatoms. The Hall–Kier alpha value is -2.69. The summed E-state index contributed by atoms with van der Waals surface area (Å²) in [5.74, 6) is -0.508. The number of hydrogen-bond acceptors (Lipinski definition) is 3. The van der Waals surface area contributed by atoms with Crippen molar-refractivity contribution in [3.63, 3.8) is 0 Å². The second kappa shape index (κ2) is 4.77. The average molecular weight is 266 g/mol. The molecule has 0 radical (unpaired) electrons. The highest BCUT2D eigenvalue weighted by molar-refractivity contribution is 5.93. The van der Waals surface area contributed by atoms with Crippen molar-refractivity contribution in [2.45, 2.75) is 13.3 Å². The molecule has 0 aliphatic carbocycles. The van der Waals surface area contributed by atoms with Crippen LogP contribution in [0.4, 0.5) is 0 Å². The number of aryl methyl sites for hydroxylation is 1. The van der Waals surface area contributed by atoms with E-state index in [1.807, 2.05) is 47.7 Å². The van der Waals surface area contributed by atoms with Crippen LogP contribution in [0.25, 0.3) is 16.9 Å². The molecular formula is C15H14N4O. The summed E-state index contributed by atoms with van der Waals surface area (Å²) < 4.78 is 1.81. The maximum absolute atomic E-state index is 11.4. The van der Waals surface area contributed by atoms with Gasteiger partial charge in [0, 0.05) is 11.6 Å². The van der Waals surface area contributed by atoms with Gasteiger partial charge in [0.15, 0.2) is 0 Å². The van der Waals surface area contributed by atoms with Crippen LogP contribution < -0.4 is 5.73 Å². The third-order valence-electron chi connectivity index (χ3n) is 3.25. The Bertz CT molecular complexity index is 777. The van der Waals surface area contributed by atoms with Crippen molar-refractivity contribution >= 4 is 11.6 Å². The highest BCUT2D eigenvalue weighted by Gasteiger charge is 2.15. The molecular weight excluding hydrogens is 252 g/mol. The summed E-state index contributed by atoms with van der Waals surface area (Å²) >= 11 is 0. The van der Waals surface area contributed by atoms with Crippen molar-refractivity contribution < 1.29 is 4.79 Å². The van der Waals surface area contributed by atoms with Gasteiger partial charge in [0.25, 0.3) is 5.91 Å². The quantitative estimate of drug-likeness (QED) is 0.788. The minimum absolute atomic E-state index is 0.319. The number of imidazole rings is 1. The zero-order chi connectivity index (χ0) is 14.1. The van der Waals surface area contributed by atoms with Gasteiger partial charge in [-0.1, -0.05) is 37.3 Å². The lowest BCUT2D eigenvalue weighted by atomic mass is 10.1. The Labute approximate surface area is 116 Å². The van der Waals surface area contributed by atoms with E-state index in [-0.39, 0.29) is 0 Å². The molecule has 0 unspecified atom stereocenters. The molecule has 2 N–H and O–H groups in total. The van der Waals surface area contributed by atoms with E-state index >= 15 is 0 Å². The smallest absolute Gasteiger partial charge is 0.269 e. The molecule has 20 heavy (non-hydrogen) atoms. The SMILES string of the molecule is CCc1c(C(N)=O)nc2cc(-c3ccccc3)ncn12. The van der Waals surface area contributed by atoms with Gasteiger partial charge in [-0.3, -0.25) is 9.20 Å². The second-order valence-corrected chi connectivity index (χ2v) is 4.49. The van der Waals surface area contributed by atoms with Crippen LogP contribution >= 0.6 is 0 Å². The number of rotatable bonds is 3. The first-order chi connectivity index (χ1) is 9.70. The number of carbonyl (C=O) groups is 1. The van der Waals surface area contributed by atoms with Crippen molar-refractivity contribution in [3.8, 4) is 11.3 Å². The van der Waals surface area contributed by atoms with Gasteiger partial charge < -0.3 is 5.73 Å². The minimum atomic E-state index is -0.508. The number of primary amides is 1. The van der Waals surface area contributed by atoms with Crippen molar-refractivity contribution in [1.29, 1.82) is 0 Å².